The lowest BCUT2D eigenvalue weighted by Crippen LogP contribution is -2.34. The summed E-state index contributed by atoms with van der Waals surface area (Å²) in [6.07, 6.45) is 0. The second kappa shape index (κ2) is 2.19. The lowest BCUT2D eigenvalue weighted by atomic mass is 10.1. The summed E-state index contributed by atoms with van der Waals surface area (Å²) in [6.45, 7) is 1.41. The maximum absolute atomic E-state index is 10.4. The molecule has 1 saturated heterocycles. The summed E-state index contributed by atoms with van der Waals surface area (Å²) in [4.78, 5) is 10.4. The minimum absolute atomic E-state index is 0.182. The van der Waals surface area contributed by atoms with Crippen LogP contribution in [-0.2, 0) is 9.53 Å². The molecular weight excluding hydrogens is 146 g/mol. The number of hydrogen-bond donors (Lipinski definition) is 2. The van der Waals surface area contributed by atoms with E-state index >= 15 is 0 Å². The molecule has 0 amide bonds. The average molecular weight is 157 g/mol. The molecule has 4 nitrogen and oxygen atoms in total. The largest absolute Gasteiger partial charge is 0.480 e. The molecule has 2 aliphatic rings. The summed E-state index contributed by atoms with van der Waals surface area (Å²) in [5, 5.41) is 8.58. The molecule has 4 heteroatoms. The first kappa shape index (κ1) is 7.06. The maximum atomic E-state index is 10.4. The maximum Gasteiger partial charge on any atom is 0.320 e. The van der Waals surface area contributed by atoms with Gasteiger partial charge in [-0.2, -0.15) is 0 Å². The summed E-state index contributed by atoms with van der Waals surface area (Å²) in [7, 11) is 0. The predicted octanol–water partition coefficient (Wildman–Crippen LogP) is -0.709. The van der Waals surface area contributed by atoms with Gasteiger partial charge in [-0.25, -0.2) is 0 Å². The van der Waals surface area contributed by atoms with Crippen molar-refractivity contribution in [1.29, 1.82) is 0 Å². The summed E-state index contributed by atoms with van der Waals surface area (Å²) >= 11 is 0. The number of hydrogen-bond acceptors (Lipinski definition) is 3. The third-order valence-corrected chi connectivity index (χ3v) is 2.72. The van der Waals surface area contributed by atoms with E-state index in [1.165, 1.54) is 0 Å². The highest BCUT2D eigenvalue weighted by Gasteiger charge is 2.58. The summed E-state index contributed by atoms with van der Waals surface area (Å²) in [6, 6.07) is -0.672. The zero-order valence-corrected chi connectivity index (χ0v) is 6.06. The molecule has 2 rings (SSSR count). The molecule has 0 bridgehead atoms. The number of rotatable bonds is 2. The van der Waals surface area contributed by atoms with E-state index in [4.69, 9.17) is 15.6 Å². The summed E-state index contributed by atoms with van der Waals surface area (Å²) in [5.74, 6) is 0.160. The van der Waals surface area contributed by atoms with Crippen LogP contribution in [0.15, 0.2) is 0 Å². The van der Waals surface area contributed by atoms with Crippen molar-refractivity contribution >= 4 is 5.97 Å². The first-order valence-corrected chi connectivity index (χ1v) is 3.78. The van der Waals surface area contributed by atoms with Crippen LogP contribution in [0.5, 0.6) is 0 Å². The molecule has 3 atom stereocenters. The van der Waals surface area contributed by atoms with E-state index in [0.29, 0.717) is 25.0 Å². The standard InChI is InChI=1S/C7H11NO3/c8-6(7(9)10)5-3-1-11-2-4(3)5/h3-6H,1-2,8H2,(H,9,10). The second-order valence-electron chi connectivity index (χ2n) is 3.31. The molecule has 3 unspecified atom stereocenters. The van der Waals surface area contributed by atoms with Gasteiger partial charge in [-0.1, -0.05) is 0 Å². The highest BCUT2D eigenvalue weighted by Crippen LogP contribution is 2.52. The van der Waals surface area contributed by atoms with Gasteiger partial charge in [0.1, 0.15) is 6.04 Å². The normalized spacial score (nSPS) is 43.2. The van der Waals surface area contributed by atoms with Crippen LogP contribution in [-0.4, -0.2) is 30.3 Å². The van der Waals surface area contributed by atoms with Gasteiger partial charge in [0, 0.05) is 0 Å². The van der Waals surface area contributed by atoms with Gasteiger partial charge < -0.3 is 15.6 Å². The van der Waals surface area contributed by atoms with E-state index < -0.39 is 12.0 Å². The predicted molar refractivity (Wildman–Crippen MR) is 36.9 cm³/mol. The molecule has 2 fully saturated rings. The number of aliphatic carboxylic acids is 1. The van der Waals surface area contributed by atoms with Gasteiger partial charge in [0.05, 0.1) is 13.2 Å². The molecule has 0 spiro atoms. The van der Waals surface area contributed by atoms with Crippen LogP contribution >= 0.6 is 0 Å². The molecule has 1 aliphatic heterocycles. The number of nitrogens with two attached hydrogens (primary N) is 1. The number of fused-ring (bicyclic) bond motifs is 1. The first-order chi connectivity index (χ1) is 5.22. The molecule has 1 aliphatic carbocycles. The zero-order chi connectivity index (χ0) is 8.01. The highest BCUT2D eigenvalue weighted by atomic mass is 16.5. The summed E-state index contributed by atoms with van der Waals surface area (Å²) < 4.78 is 5.12. The number of carbonyl (C=O) groups is 1. The molecule has 0 aromatic carbocycles. The fourth-order valence-corrected chi connectivity index (χ4v) is 1.98. The van der Waals surface area contributed by atoms with Crippen molar-refractivity contribution < 1.29 is 14.6 Å². The van der Waals surface area contributed by atoms with Crippen molar-refractivity contribution in [3.05, 3.63) is 0 Å². The third-order valence-electron chi connectivity index (χ3n) is 2.72. The van der Waals surface area contributed by atoms with Crippen molar-refractivity contribution in [1.82, 2.24) is 0 Å². The van der Waals surface area contributed by atoms with Crippen LogP contribution in [0.4, 0.5) is 0 Å². The lowest BCUT2D eigenvalue weighted by Gasteiger charge is -2.07. The van der Waals surface area contributed by atoms with Crippen molar-refractivity contribution in [3.8, 4) is 0 Å². The molecule has 62 valence electrons. The van der Waals surface area contributed by atoms with Crippen molar-refractivity contribution in [3.63, 3.8) is 0 Å². The Bertz CT molecular complexity index is 184. The molecule has 11 heavy (non-hydrogen) atoms. The molecule has 0 aromatic heterocycles. The fourth-order valence-electron chi connectivity index (χ4n) is 1.98. The van der Waals surface area contributed by atoms with E-state index in [1.54, 1.807) is 0 Å². The van der Waals surface area contributed by atoms with Crippen LogP contribution in [0.2, 0.25) is 0 Å². The fraction of sp³-hybridized carbons (Fsp3) is 0.857. The number of ether oxygens (including phenoxy) is 1. The van der Waals surface area contributed by atoms with E-state index in [2.05, 4.69) is 0 Å². The van der Waals surface area contributed by atoms with Gasteiger partial charge in [0.25, 0.3) is 0 Å². The smallest absolute Gasteiger partial charge is 0.320 e. The Balaban J connectivity index is 1.95. The van der Waals surface area contributed by atoms with Crippen LogP contribution in [0.25, 0.3) is 0 Å². The topological polar surface area (TPSA) is 72.6 Å². The molecule has 1 heterocycles. The monoisotopic (exact) mass is 157 g/mol. The molecule has 0 radical (unpaired) electrons. The Morgan fingerprint density at radius 3 is 2.55 bits per heavy atom. The van der Waals surface area contributed by atoms with Crippen LogP contribution in [0.1, 0.15) is 0 Å². The van der Waals surface area contributed by atoms with Gasteiger partial charge in [-0.05, 0) is 17.8 Å². The highest BCUT2D eigenvalue weighted by molar-refractivity contribution is 5.74. The zero-order valence-electron chi connectivity index (χ0n) is 6.06. The van der Waals surface area contributed by atoms with Gasteiger partial charge in [-0.3, -0.25) is 4.79 Å². The van der Waals surface area contributed by atoms with Crippen LogP contribution in [0.3, 0.4) is 0 Å². The van der Waals surface area contributed by atoms with E-state index in [9.17, 15) is 4.79 Å². The van der Waals surface area contributed by atoms with Gasteiger partial charge >= 0.3 is 5.97 Å². The Kier molecular flexibility index (Phi) is 1.40. The number of carboxylic acid groups (broad SMARTS) is 1. The van der Waals surface area contributed by atoms with Crippen molar-refractivity contribution in [2.75, 3.05) is 13.2 Å². The van der Waals surface area contributed by atoms with Crippen molar-refractivity contribution in [2.45, 2.75) is 6.04 Å². The molecule has 1 saturated carbocycles. The summed E-state index contributed by atoms with van der Waals surface area (Å²) in [5.41, 5.74) is 5.46. The Hall–Kier alpha value is -0.610. The van der Waals surface area contributed by atoms with Gasteiger partial charge in [0.2, 0.25) is 0 Å². The minimum atomic E-state index is -0.885. The lowest BCUT2D eigenvalue weighted by molar-refractivity contribution is -0.139. The Labute approximate surface area is 64.3 Å². The first-order valence-electron chi connectivity index (χ1n) is 3.78. The average Bonchev–Trinajstić information content (AvgIpc) is 2.41. The molecule has 3 N–H and O–H groups in total. The molecule has 0 aromatic rings. The van der Waals surface area contributed by atoms with Gasteiger partial charge in [-0.15, -0.1) is 0 Å². The number of carboxylic acids is 1. The van der Waals surface area contributed by atoms with Crippen LogP contribution < -0.4 is 5.73 Å². The van der Waals surface area contributed by atoms with Crippen molar-refractivity contribution in [2.24, 2.45) is 23.5 Å². The van der Waals surface area contributed by atoms with E-state index in [0.717, 1.165) is 0 Å². The Morgan fingerprint density at radius 1 is 1.55 bits per heavy atom. The van der Waals surface area contributed by atoms with Crippen LogP contribution in [0, 0.1) is 17.8 Å². The minimum Gasteiger partial charge on any atom is -0.480 e. The Morgan fingerprint density at radius 2 is 2.09 bits per heavy atom. The van der Waals surface area contributed by atoms with Gasteiger partial charge in [0.15, 0.2) is 0 Å². The second-order valence-corrected chi connectivity index (χ2v) is 3.31. The SMILES string of the molecule is NC(C(=O)O)C1C2COCC21. The molecular formula is C7H11NO3. The third kappa shape index (κ3) is 0.937. The quantitative estimate of drug-likeness (QED) is 0.555. The van der Waals surface area contributed by atoms with E-state index in [-0.39, 0.29) is 5.92 Å². The van der Waals surface area contributed by atoms with E-state index in [1.807, 2.05) is 0 Å².